The molecule has 0 radical (unpaired) electrons. The summed E-state index contributed by atoms with van der Waals surface area (Å²) in [5, 5.41) is 6.57. The third kappa shape index (κ3) is 3.03. The molecule has 2 amide bonds. The van der Waals surface area contributed by atoms with Gasteiger partial charge in [-0.05, 0) is 37.5 Å². The zero-order chi connectivity index (χ0) is 18.3. The Kier molecular flexibility index (Phi) is 4.53. The van der Waals surface area contributed by atoms with Gasteiger partial charge < -0.3 is 9.80 Å². The van der Waals surface area contributed by atoms with Crippen LogP contribution in [0.15, 0.2) is 12.4 Å². The highest BCUT2D eigenvalue weighted by molar-refractivity contribution is 5.93. The smallest absolute Gasteiger partial charge is 0.257 e. The van der Waals surface area contributed by atoms with Gasteiger partial charge in [0.2, 0.25) is 5.91 Å². The minimum atomic E-state index is 0.0617. The van der Waals surface area contributed by atoms with Gasteiger partial charge in [0.25, 0.3) is 5.91 Å². The number of aromatic nitrogens is 2. The first-order chi connectivity index (χ1) is 12.5. The first-order valence-corrected chi connectivity index (χ1v) is 10.1. The lowest BCUT2D eigenvalue weighted by molar-refractivity contribution is -0.152. The number of nitrogens with one attached hydrogen (secondary N) is 1. The molecule has 3 aliphatic rings. The maximum absolute atomic E-state index is 12.9. The number of likely N-dealkylation sites (tertiary alicyclic amines) is 2. The largest absolute Gasteiger partial charge is 0.341 e. The van der Waals surface area contributed by atoms with Crippen molar-refractivity contribution in [2.45, 2.75) is 46.0 Å². The molecule has 6 nitrogen and oxygen atoms in total. The molecule has 2 atom stereocenters. The van der Waals surface area contributed by atoms with Gasteiger partial charge in [-0.1, -0.05) is 20.3 Å². The van der Waals surface area contributed by atoms with E-state index in [0.717, 1.165) is 45.4 Å². The molecule has 0 bridgehead atoms. The van der Waals surface area contributed by atoms with Crippen LogP contribution in [-0.2, 0) is 4.79 Å². The Morgan fingerprint density at radius 2 is 1.92 bits per heavy atom. The first-order valence-electron chi connectivity index (χ1n) is 10.1. The van der Waals surface area contributed by atoms with Gasteiger partial charge in [-0.2, -0.15) is 5.10 Å². The predicted octanol–water partition coefficient (Wildman–Crippen LogP) is 2.55. The van der Waals surface area contributed by atoms with Gasteiger partial charge >= 0.3 is 0 Å². The second-order valence-corrected chi connectivity index (χ2v) is 8.92. The van der Waals surface area contributed by atoms with Crippen molar-refractivity contribution in [3.05, 3.63) is 18.0 Å². The summed E-state index contributed by atoms with van der Waals surface area (Å²) in [6.45, 7) is 7.84. The van der Waals surface area contributed by atoms with Crippen LogP contribution >= 0.6 is 0 Å². The molecule has 1 saturated carbocycles. The zero-order valence-electron chi connectivity index (χ0n) is 15.9. The summed E-state index contributed by atoms with van der Waals surface area (Å²) in [6.07, 6.45) is 8.71. The van der Waals surface area contributed by atoms with Crippen molar-refractivity contribution >= 4 is 11.8 Å². The Bertz CT molecular complexity index is 653. The van der Waals surface area contributed by atoms with E-state index in [-0.39, 0.29) is 17.2 Å². The number of amides is 2. The molecule has 6 heteroatoms. The highest BCUT2D eigenvalue weighted by atomic mass is 16.2. The highest BCUT2D eigenvalue weighted by Crippen LogP contribution is 2.44. The van der Waals surface area contributed by atoms with Crippen molar-refractivity contribution in [1.82, 2.24) is 20.0 Å². The molecule has 1 aromatic heterocycles. The minimum absolute atomic E-state index is 0.0617. The molecular formula is C20H30N4O2. The summed E-state index contributed by atoms with van der Waals surface area (Å²) in [5.74, 6) is 1.86. The summed E-state index contributed by atoms with van der Waals surface area (Å²) in [6, 6.07) is 0. The van der Waals surface area contributed by atoms with E-state index in [1.807, 2.05) is 4.90 Å². The van der Waals surface area contributed by atoms with Gasteiger partial charge in [0, 0.05) is 43.7 Å². The van der Waals surface area contributed by atoms with Crippen LogP contribution in [0.1, 0.15) is 56.3 Å². The van der Waals surface area contributed by atoms with E-state index in [2.05, 4.69) is 28.9 Å². The topological polar surface area (TPSA) is 69.3 Å². The number of H-pyrrole nitrogens is 1. The van der Waals surface area contributed by atoms with Gasteiger partial charge in [-0.3, -0.25) is 14.7 Å². The van der Waals surface area contributed by atoms with Gasteiger partial charge in [0.05, 0.1) is 11.8 Å². The quantitative estimate of drug-likeness (QED) is 0.903. The number of nitrogens with zero attached hydrogens (tertiary/aromatic N) is 3. The SMILES string of the molecule is CC(C)[C@@H]1CCC[C@H]1C(=O)N1CC2(CCN(C(=O)c3cn[nH]c3)CC2)C1. The van der Waals surface area contributed by atoms with E-state index < -0.39 is 0 Å². The maximum atomic E-state index is 12.9. The standard InChI is InChI=1S/C20H30N4O2/c1-14(2)16-4-3-5-17(16)19(26)24-12-20(13-24)6-8-23(9-7-20)18(25)15-10-21-22-11-15/h10-11,14,16-17H,3-9,12-13H2,1-2H3,(H,21,22)/t16-,17+/m0/s1. The summed E-state index contributed by atoms with van der Waals surface area (Å²) in [4.78, 5) is 29.4. The van der Waals surface area contributed by atoms with Crippen molar-refractivity contribution < 1.29 is 9.59 Å². The normalized spacial score (nSPS) is 27.8. The lowest BCUT2D eigenvalue weighted by Gasteiger charge is -2.54. The minimum Gasteiger partial charge on any atom is -0.341 e. The van der Waals surface area contributed by atoms with E-state index in [9.17, 15) is 9.59 Å². The number of rotatable bonds is 3. The highest BCUT2D eigenvalue weighted by Gasteiger charge is 2.49. The fourth-order valence-electron chi connectivity index (χ4n) is 5.30. The molecule has 0 unspecified atom stereocenters. The summed E-state index contributed by atoms with van der Waals surface area (Å²) >= 11 is 0. The van der Waals surface area contributed by atoms with E-state index >= 15 is 0 Å². The molecule has 3 fully saturated rings. The van der Waals surface area contributed by atoms with Crippen LogP contribution in [0.4, 0.5) is 0 Å². The Labute approximate surface area is 155 Å². The van der Waals surface area contributed by atoms with Crippen molar-refractivity contribution in [1.29, 1.82) is 0 Å². The van der Waals surface area contributed by atoms with Gasteiger partial charge in [0.15, 0.2) is 0 Å². The fraction of sp³-hybridized carbons (Fsp3) is 0.750. The van der Waals surface area contributed by atoms with Gasteiger partial charge in [0.1, 0.15) is 0 Å². The number of aromatic amines is 1. The Balaban J connectivity index is 1.30. The lowest BCUT2D eigenvalue weighted by Crippen LogP contribution is -2.63. The summed E-state index contributed by atoms with van der Waals surface area (Å²) in [5.41, 5.74) is 0.877. The Morgan fingerprint density at radius 1 is 1.19 bits per heavy atom. The van der Waals surface area contributed by atoms with Crippen molar-refractivity contribution in [3.63, 3.8) is 0 Å². The van der Waals surface area contributed by atoms with Crippen molar-refractivity contribution in [2.75, 3.05) is 26.2 Å². The zero-order valence-corrected chi connectivity index (χ0v) is 15.9. The van der Waals surface area contributed by atoms with Crippen LogP contribution in [0, 0.1) is 23.2 Å². The number of carbonyl (C=O) groups excluding carboxylic acids is 2. The molecule has 1 N–H and O–H groups in total. The first kappa shape index (κ1) is 17.6. The lowest BCUT2D eigenvalue weighted by atomic mass is 9.71. The van der Waals surface area contributed by atoms with Gasteiger partial charge in [-0.25, -0.2) is 0 Å². The van der Waals surface area contributed by atoms with Crippen LogP contribution in [0.5, 0.6) is 0 Å². The third-order valence-corrected chi connectivity index (χ3v) is 6.96. The fourth-order valence-corrected chi connectivity index (χ4v) is 5.30. The van der Waals surface area contributed by atoms with Crippen molar-refractivity contribution in [2.24, 2.45) is 23.2 Å². The number of hydrogen-bond donors (Lipinski definition) is 1. The monoisotopic (exact) mass is 358 g/mol. The molecule has 3 heterocycles. The molecular weight excluding hydrogens is 328 g/mol. The van der Waals surface area contributed by atoms with Crippen LogP contribution in [0.25, 0.3) is 0 Å². The van der Waals surface area contributed by atoms with Crippen LogP contribution in [0.2, 0.25) is 0 Å². The van der Waals surface area contributed by atoms with E-state index in [0.29, 0.717) is 23.3 Å². The molecule has 2 saturated heterocycles. The Hall–Kier alpha value is -1.85. The van der Waals surface area contributed by atoms with E-state index in [4.69, 9.17) is 0 Å². The number of carbonyl (C=O) groups is 2. The molecule has 26 heavy (non-hydrogen) atoms. The summed E-state index contributed by atoms with van der Waals surface area (Å²) < 4.78 is 0. The van der Waals surface area contributed by atoms with E-state index in [1.54, 1.807) is 12.4 Å². The van der Waals surface area contributed by atoms with Crippen molar-refractivity contribution in [3.8, 4) is 0 Å². The van der Waals surface area contributed by atoms with Crippen LogP contribution in [0.3, 0.4) is 0 Å². The molecule has 0 aromatic carbocycles. The average molecular weight is 358 g/mol. The molecule has 142 valence electrons. The second-order valence-electron chi connectivity index (χ2n) is 8.92. The molecule has 1 aliphatic carbocycles. The Morgan fingerprint density at radius 3 is 2.54 bits per heavy atom. The maximum Gasteiger partial charge on any atom is 0.257 e. The molecule has 2 aliphatic heterocycles. The predicted molar refractivity (Wildman–Crippen MR) is 98.4 cm³/mol. The molecule has 1 spiro atoms. The molecule has 1 aromatic rings. The van der Waals surface area contributed by atoms with Gasteiger partial charge in [-0.15, -0.1) is 0 Å². The third-order valence-electron chi connectivity index (χ3n) is 6.96. The average Bonchev–Trinajstić information content (AvgIpc) is 3.29. The van der Waals surface area contributed by atoms with Crippen LogP contribution in [-0.4, -0.2) is 58.0 Å². The second kappa shape index (κ2) is 6.71. The summed E-state index contributed by atoms with van der Waals surface area (Å²) in [7, 11) is 0. The number of piperidine rings is 1. The number of hydrogen-bond acceptors (Lipinski definition) is 3. The van der Waals surface area contributed by atoms with Crippen LogP contribution < -0.4 is 0 Å². The van der Waals surface area contributed by atoms with E-state index in [1.165, 1.54) is 12.8 Å². The molecule has 4 rings (SSSR count).